The summed E-state index contributed by atoms with van der Waals surface area (Å²) < 4.78 is 26.1. The molecule has 1 aromatic rings. The summed E-state index contributed by atoms with van der Waals surface area (Å²) in [5.74, 6) is 0.191. The second kappa shape index (κ2) is 5.58. The van der Waals surface area contributed by atoms with E-state index in [0.717, 1.165) is 0 Å². The van der Waals surface area contributed by atoms with Gasteiger partial charge in [-0.05, 0) is 30.9 Å². The smallest absolute Gasteiger partial charge is 0.245 e. The predicted octanol–water partition coefficient (Wildman–Crippen LogP) is 2.38. The van der Waals surface area contributed by atoms with Crippen molar-refractivity contribution in [1.82, 2.24) is 4.31 Å². The van der Waals surface area contributed by atoms with Gasteiger partial charge in [0.05, 0.1) is 16.1 Å². The molecule has 1 saturated carbocycles. The van der Waals surface area contributed by atoms with E-state index in [1.165, 1.54) is 23.5 Å². The molecule has 1 fully saturated rings. The third kappa shape index (κ3) is 3.06. The normalized spacial score (nSPS) is 23.4. The highest BCUT2D eigenvalue weighted by molar-refractivity contribution is 7.89. The Morgan fingerprint density at radius 2 is 1.84 bits per heavy atom. The van der Waals surface area contributed by atoms with E-state index < -0.39 is 10.0 Å². The molecule has 0 amide bonds. The van der Waals surface area contributed by atoms with E-state index in [0.29, 0.717) is 19.4 Å². The van der Waals surface area contributed by atoms with Crippen molar-refractivity contribution < 1.29 is 13.5 Å². The molecule has 0 aliphatic heterocycles. The number of benzene rings is 1. The zero-order valence-corrected chi connectivity index (χ0v) is 12.7. The molecule has 1 aliphatic carbocycles. The van der Waals surface area contributed by atoms with Crippen LogP contribution in [0.3, 0.4) is 0 Å². The molecule has 0 aromatic heterocycles. The van der Waals surface area contributed by atoms with Gasteiger partial charge in [-0.1, -0.05) is 29.3 Å². The molecule has 0 saturated heterocycles. The molecule has 106 valence electrons. The quantitative estimate of drug-likeness (QED) is 0.925. The Morgan fingerprint density at radius 3 is 2.32 bits per heavy atom. The molecule has 0 atom stereocenters. The molecular formula is C12H15Cl2NO3S. The largest absolute Gasteiger partial charge is 0.393 e. The number of hydrogen-bond donors (Lipinski definition) is 1. The molecule has 0 bridgehead atoms. The van der Waals surface area contributed by atoms with Gasteiger partial charge in [0, 0.05) is 13.6 Å². The Hall–Kier alpha value is -0.330. The number of sulfonamides is 1. The van der Waals surface area contributed by atoms with Crippen LogP contribution in [0, 0.1) is 5.92 Å². The van der Waals surface area contributed by atoms with E-state index in [9.17, 15) is 13.5 Å². The van der Waals surface area contributed by atoms with Gasteiger partial charge in [-0.3, -0.25) is 0 Å². The van der Waals surface area contributed by atoms with E-state index >= 15 is 0 Å². The highest BCUT2D eigenvalue weighted by Gasteiger charge is 2.33. The lowest BCUT2D eigenvalue weighted by Crippen LogP contribution is -2.39. The lowest BCUT2D eigenvalue weighted by molar-refractivity contribution is 0.0367. The van der Waals surface area contributed by atoms with Crippen LogP contribution in [-0.2, 0) is 10.0 Å². The maximum atomic E-state index is 12.4. The van der Waals surface area contributed by atoms with E-state index in [1.54, 1.807) is 6.07 Å². The van der Waals surface area contributed by atoms with Crippen molar-refractivity contribution in [3.8, 4) is 0 Å². The molecule has 0 radical (unpaired) electrons. The van der Waals surface area contributed by atoms with Crippen LogP contribution in [0.25, 0.3) is 0 Å². The maximum absolute atomic E-state index is 12.4. The van der Waals surface area contributed by atoms with Gasteiger partial charge in [0.25, 0.3) is 0 Å². The first-order valence-electron chi connectivity index (χ1n) is 5.90. The predicted molar refractivity (Wildman–Crippen MR) is 75.0 cm³/mol. The van der Waals surface area contributed by atoms with Crippen molar-refractivity contribution in [2.75, 3.05) is 13.6 Å². The van der Waals surface area contributed by atoms with Gasteiger partial charge in [0.15, 0.2) is 0 Å². The molecule has 19 heavy (non-hydrogen) atoms. The Bertz CT molecular complexity index is 550. The van der Waals surface area contributed by atoms with Crippen molar-refractivity contribution in [3.05, 3.63) is 28.2 Å². The van der Waals surface area contributed by atoms with Gasteiger partial charge in [-0.25, -0.2) is 12.7 Å². The Morgan fingerprint density at radius 1 is 1.32 bits per heavy atom. The molecule has 4 nitrogen and oxygen atoms in total. The number of aliphatic hydroxyl groups is 1. The van der Waals surface area contributed by atoms with Gasteiger partial charge in [-0.2, -0.15) is 0 Å². The van der Waals surface area contributed by atoms with Crippen LogP contribution in [0.1, 0.15) is 12.8 Å². The molecule has 0 spiro atoms. The third-order valence-corrected chi connectivity index (χ3v) is 6.09. The molecule has 7 heteroatoms. The minimum atomic E-state index is -3.70. The van der Waals surface area contributed by atoms with Gasteiger partial charge in [0.2, 0.25) is 10.0 Å². The summed E-state index contributed by atoms with van der Waals surface area (Å²) in [6.45, 7) is 0.362. The van der Waals surface area contributed by atoms with Gasteiger partial charge in [-0.15, -0.1) is 0 Å². The highest BCUT2D eigenvalue weighted by Crippen LogP contribution is 2.33. The summed E-state index contributed by atoms with van der Waals surface area (Å²) in [5.41, 5.74) is 0. The second-order valence-electron chi connectivity index (χ2n) is 4.83. The molecule has 1 aliphatic rings. The van der Waals surface area contributed by atoms with Gasteiger partial charge in [0.1, 0.15) is 4.90 Å². The van der Waals surface area contributed by atoms with Crippen LogP contribution < -0.4 is 0 Å². The van der Waals surface area contributed by atoms with Crippen LogP contribution in [-0.4, -0.2) is 37.5 Å². The summed E-state index contributed by atoms with van der Waals surface area (Å²) in [4.78, 5) is -0.0549. The standard InChI is InChI=1S/C12H15Cl2NO3S/c1-15(7-8-5-9(16)6-8)19(17,18)12-10(13)3-2-4-11(12)14/h2-4,8-9,16H,5-7H2,1H3. The van der Waals surface area contributed by atoms with Crippen LogP contribution in [0.15, 0.2) is 23.1 Å². The van der Waals surface area contributed by atoms with Crippen LogP contribution in [0.5, 0.6) is 0 Å². The minimum absolute atomic E-state index is 0.0549. The summed E-state index contributed by atoms with van der Waals surface area (Å²) in [6.07, 6.45) is 0.969. The first kappa shape index (κ1) is 15.1. The fourth-order valence-electron chi connectivity index (χ4n) is 2.20. The first-order valence-corrected chi connectivity index (χ1v) is 8.10. The summed E-state index contributed by atoms with van der Waals surface area (Å²) >= 11 is 11.9. The Balaban J connectivity index is 2.22. The Labute approximate surface area is 123 Å². The van der Waals surface area contributed by atoms with Crippen LogP contribution in [0.2, 0.25) is 10.0 Å². The fraction of sp³-hybridized carbons (Fsp3) is 0.500. The maximum Gasteiger partial charge on any atom is 0.245 e. The van der Waals surface area contributed by atoms with Crippen molar-refractivity contribution in [1.29, 1.82) is 0 Å². The lowest BCUT2D eigenvalue weighted by Gasteiger charge is -2.34. The van der Waals surface area contributed by atoms with Gasteiger partial charge < -0.3 is 5.11 Å². The van der Waals surface area contributed by atoms with Crippen LogP contribution in [0.4, 0.5) is 0 Å². The molecule has 1 N–H and O–H groups in total. The summed E-state index contributed by atoms with van der Waals surface area (Å²) in [6, 6.07) is 4.61. The zero-order valence-electron chi connectivity index (χ0n) is 10.4. The molecular weight excluding hydrogens is 309 g/mol. The highest BCUT2D eigenvalue weighted by atomic mass is 35.5. The summed E-state index contributed by atoms with van der Waals surface area (Å²) in [7, 11) is -2.20. The van der Waals surface area contributed by atoms with Crippen molar-refractivity contribution in [2.24, 2.45) is 5.92 Å². The molecule has 2 rings (SSSR count). The molecule has 0 unspecified atom stereocenters. The topological polar surface area (TPSA) is 57.6 Å². The zero-order chi connectivity index (χ0) is 14.2. The van der Waals surface area contributed by atoms with E-state index in [2.05, 4.69) is 0 Å². The van der Waals surface area contributed by atoms with Crippen molar-refractivity contribution in [2.45, 2.75) is 23.8 Å². The van der Waals surface area contributed by atoms with Crippen LogP contribution >= 0.6 is 23.2 Å². The SMILES string of the molecule is CN(CC1CC(O)C1)S(=O)(=O)c1c(Cl)cccc1Cl. The van der Waals surface area contributed by atoms with E-state index in [4.69, 9.17) is 23.2 Å². The fourth-order valence-corrected chi connectivity index (χ4v) is 4.53. The van der Waals surface area contributed by atoms with E-state index in [-0.39, 0.29) is 27.0 Å². The van der Waals surface area contributed by atoms with E-state index in [1.807, 2.05) is 0 Å². The van der Waals surface area contributed by atoms with Crippen molar-refractivity contribution in [3.63, 3.8) is 0 Å². The van der Waals surface area contributed by atoms with Crippen molar-refractivity contribution >= 4 is 33.2 Å². The molecule has 0 heterocycles. The number of aliphatic hydroxyl groups excluding tert-OH is 1. The number of halogens is 2. The monoisotopic (exact) mass is 323 g/mol. The van der Waals surface area contributed by atoms with Gasteiger partial charge >= 0.3 is 0 Å². The lowest BCUT2D eigenvalue weighted by atomic mass is 9.82. The summed E-state index contributed by atoms with van der Waals surface area (Å²) in [5, 5.41) is 9.47. The number of nitrogens with zero attached hydrogens (tertiary/aromatic N) is 1. The minimum Gasteiger partial charge on any atom is -0.393 e. The molecule has 1 aromatic carbocycles. The second-order valence-corrected chi connectivity index (χ2v) is 7.62. The number of rotatable bonds is 4. The number of hydrogen-bond acceptors (Lipinski definition) is 3. The first-order chi connectivity index (χ1) is 8.82. The average molecular weight is 324 g/mol. The Kier molecular flexibility index (Phi) is 4.42. The third-order valence-electron chi connectivity index (χ3n) is 3.31. The average Bonchev–Trinajstić information content (AvgIpc) is 2.26.